The Morgan fingerprint density at radius 3 is 2.61 bits per heavy atom. The van der Waals surface area contributed by atoms with E-state index in [1.165, 1.54) is 0 Å². The molecule has 1 fully saturated rings. The molecule has 0 atom stereocenters. The number of hydrogen-bond acceptors (Lipinski definition) is 3. The van der Waals surface area contributed by atoms with E-state index in [4.69, 9.17) is 27.9 Å². The van der Waals surface area contributed by atoms with Crippen LogP contribution in [0, 0.1) is 6.92 Å². The number of carbonyl (C=O) groups excluding carboxylic acids is 1. The van der Waals surface area contributed by atoms with Crippen LogP contribution in [0.25, 0.3) is 10.9 Å². The molecule has 4 rings (SSSR count). The lowest BCUT2D eigenvalue weighted by Gasteiger charge is -2.32. The summed E-state index contributed by atoms with van der Waals surface area (Å²) < 4.78 is 5.97. The molecule has 28 heavy (non-hydrogen) atoms. The number of pyridine rings is 1. The molecule has 1 aliphatic heterocycles. The van der Waals surface area contributed by atoms with Gasteiger partial charge in [-0.2, -0.15) is 0 Å². The van der Waals surface area contributed by atoms with Gasteiger partial charge < -0.3 is 19.6 Å². The summed E-state index contributed by atoms with van der Waals surface area (Å²) in [4.78, 5) is 32.7. The molecule has 0 radical (unpaired) electrons. The SMILES string of the molecule is Cc1c[nH]c(=O)c2c(C(=O)N3CCC(Oc4ccc(Cl)c(Cl)c4)CC3)c[nH]c12. The molecule has 2 aromatic heterocycles. The number of rotatable bonds is 3. The number of likely N-dealkylation sites (tertiary alicyclic amines) is 1. The molecule has 0 unspecified atom stereocenters. The highest BCUT2D eigenvalue weighted by molar-refractivity contribution is 6.42. The largest absolute Gasteiger partial charge is 0.490 e. The summed E-state index contributed by atoms with van der Waals surface area (Å²) in [6, 6.07) is 5.18. The summed E-state index contributed by atoms with van der Waals surface area (Å²) in [7, 11) is 0. The highest BCUT2D eigenvalue weighted by atomic mass is 35.5. The number of amides is 1. The summed E-state index contributed by atoms with van der Waals surface area (Å²) in [6.07, 6.45) is 4.65. The van der Waals surface area contributed by atoms with E-state index < -0.39 is 0 Å². The number of hydrogen-bond donors (Lipinski definition) is 2. The van der Waals surface area contributed by atoms with Crippen LogP contribution in [-0.2, 0) is 0 Å². The molecule has 1 saturated heterocycles. The predicted octanol–water partition coefficient (Wildman–Crippen LogP) is 4.16. The van der Waals surface area contributed by atoms with Crippen LogP contribution in [-0.4, -0.2) is 40.0 Å². The standard InChI is InChI=1S/C20H19Cl2N3O3/c1-11-9-24-19(26)17-14(10-23-18(11)17)20(27)25-6-4-12(5-7-25)28-13-2-3-15(21)16(22)8-13/h2-3,8-10,12,23H,4-7H2,1H3,(H,24,26). The highest BCUT2D eigenvalue weighted by Gasteiger charge is 2.27. The third-order valence-electron chi connectivity index (χ3n) is 5.07. The van der Waals surface area contributed by atoms with Gasteiger partial charge in [-0.1, -0.05) is 23.2 Å². The van der Waals surface area contributed by atoms with Crippen LogP contribution < -0.4 is 10.3 Å². The third-order valence-corrected chi connectivity index (χ3v) is 5.81. The Morgan fingerprint density at radius 2 is 1.89 bits per heavy atom. The minimum atomic E-state index is -0.261. The van der Waals surface area contributed by atoms with Crippen molar-refractivity contribution in [2.24, 2.45) is 0 Å². The average Bonchev–Trinajstić information content (AvgIpc) is 3.14. The second-order valence-corrected chi connectivity index (χ2v) is 7.75. The zero-order valence-electron chi connectivity index (χ0n) is 15.2. The van der Waals surface area contributed by atoms with Gasteiger partial charge in [0, 0.05) is 44.4 Å². The first-order valence-corrected chi connectivity index (χ1v) is 9.80. The molecule has 6 nitrogen and oxygen atoms in total. The van der Waals surface area contributed by atoms with Crippen molar-refractivity contribution in [2.45, 2.75) is 25.9 Å². The van der Waals surface area contributed by atoms with Crippen molar-refractivity contribution in [3.63, 3.8) is 0 Å². The van der Waals surface area contributed by atoms with E-state index in [1.807, 2.05) is 6.92 Å². The van der Waals surface area contributed by atoms with E-state index in [0.717, 1.165) is 5.56 Å². The minimum Gasteiger partial charge on any atom is -0.490 e. The number of fused-ring (bicyclic) bond motifs is 1. The number of nitrogens with one attached hydrogen (secondary N) is 2. The van der Waals surface area contributed by atoms with Gasteiger partial charge in [0.2, 0.25) is 0 Å². The van der Waals surface area contributed by atoms with E-state index in [2.05, 4.69) is 9.97 Å². The Balaban J connectivity index is 1.45. The van der Waals surface area contributed by atoms with Crippen molar-refractivity contribution in [3.8, 4) is 5.75 Å². The number of aromatic nitrogens is 2. The first kappa shape index (κ1) is 18.9. The Labute approximate surface area is 171 Å². The summed E-state index contributed by atoms with van der Waals surface area (Å²) in [6.45, 7) is 3.00. The molecule has 1 aromatic carbocycles. The topological polar surface area (TPSA) is 78.2 Å². The Morgan fingerprint density at radius 1 is 1.14 bits per heavy atom. The maximum Gasteiger partial charge on any atom is 0.258 e. The van der Waals surface area contributed by atoms with Gasteiger partial charge in [0.15, 0.2) is 0 Å². The van der Waals surface area contributed by atoms with E-state index in [0.29, 0.717) is 58.2 Å². The number of carbonyl (C=O) groups is 1. The molecule has 3 heterocycles. The first-order chi connectivity index (χ1) is 13.4. The summed E-state index contributed by atoms with van der Waals surface area (Å²) >= 11 is 12.0. The molecule has 0 bridgehead atoms. The Kier molecular flexibility index (Phi) is 5.08. The van der Waals surface area contributed by atoms with Crippen molar-refractivity contribution >= 4 is 40.0 Å². The normalized spacial score (nSPS) is 15.2. The van der Waals surface area contributed by atoms with Crippen LogP contribution >= 0.6 is 23.2 Å². The van der Waals surface area contributed by atoms with E-state index in [1.54, 1.807) is 35.5 Å². The van der Waals surface area contributed by atoms with Crippen LogP contribution in [0.2, 0.25) is 10.0 Å². The molecule has 0 saturated carbocycles. The zero-order chi connectivity index (χ0) is 19.8. The summed E-state index contributed by atoms with van der Waals surface area (Å²) in [5, 5.41) is 1.35. The maximum atomic E-state index is 13.0. The van der Waals surface area contributed by atoms with Crippen molar-refractivity contribution < 1.29 is 9.53 Å². The number of benzene rings is 1. The second kappa shape index (κ2) is 7.53. The van der Waals surface area contributed by atoms with E-state index in [9.17, 15) is 9.59 Å². The predicted molar refractivity (Wildman–Crippen MR) is 110 cm³/mol. The van der Waals surface area contributed by atoms with Crippen molar-refractivity contribution in [2.75, 3.05) is 13.1 Å². The van der Waals surface area contributed by atoms with Crippen molar-refractivity contribution in [1.82, 2.24) is 14.9 Å². The molecule has 0 aliphatic carbocycles. The van der Waals surface area contributed by atoms with Crippen LogP contribution in [0.15, 0.2) is 35.4 Å². The summed E-state index contributed by atoms with van der Waals surface area (Å²) in [5.41, 5.74) is 1.74. The molecule has 2 N–H and O–H groups in total. The number of ether oxygens (including phenoxy) is 1. The van der Waals surface area contributed by atoms with Crippen LogP contribution in [0.1, 0.15) is 28.8 Å². The molecule has 146 valence electrons. The number of aryl methyl sites for hydroxylation is 1. The molecule has 8 heteroatoms. The lowest BCUT2D eigenvalue weighted by Crippen LogP contribution is -2.41. The average molecular weight is 420 g/mol. The highest BCUT2D eigenvalue weighted by Crippen LogP contribution is 2.28. The van der Waals surface area contributed by atoms with Crippen molar-refractivity contribution in [1.29, 1.82) is 0 Å². The Hall–Kier alpha value is -2.44. The third kappa shape index (κ3) is 3.50. The van der Waals surface area contributed by atoms with Gasteiger partial charge >= 0.3 is 0 Å². The Bertz CT molecular complexity index is 1100. The number of piperidine rings is 1. The zero-order valence-corrected chi connectivity index (χ0v) is 16.7. The fourth-order valence-electron chi connectivity index (χ4n) is 3.55. The monoisotopic (exact) mass is 419 g/mol. The summed E-state index contributed by atoms with van der Waals surface area (Å²) in [5.74, 6) is 0.521. The van der Waals surface area contributed by atoms with Gasteiger partial charge in [-0.25, -0.2) is 0 Å². The second-order valence-electron chi connectivity index (χ2n) is 6.94. The molecule has 1 aliphatic rings. The molecular weight excluding hydrogens is 401 g/mol. The van der Waals surface area contributed by atoms with Gasteiger partial charge in [-0.3, -0.25) is 9.59 Å². The van der Waals surface area contributed by atoms with Crippen LogP contribution in [0.5, 0.6) is 5.75 Å². The number of aromatic amines is 2. The quantitative estimate of drug-likeness (QED) is 0.668. The molecular formula is C20H19Cl2N3O3. The molecule has 1 amide bonds. The van der Waals surface area contributed by atoms with E-state index in [-0.39, 0.29) is 17.6 Å². The van der Waals surface area contributed by atoms with Gasteiger partial charge in [-0.05, 0) is 24.6 Å². The fraction of sp³-hybridized carbons (Fsp3) is 0.300. The van der Waals surface area contributed by atoms with Gasteiger partial charge in [-0.15, -0.1) is 0 Å². The van der Waals surface area contributed by atoms with Gasteiger partial charge in [0.05, 0.1) is 26.5 Å². The number of H-pyrrole nitrogens is 2. The van der Waals surface area contributed by atoms with Gasteiger partial charge in [0.1, 0.15) is 11.9 Å². The molecule has 0 spiro atoms. The van der Waals surface area contributed by atoms with E-state index >= 15 is 0 Å². The maximum absolute atomic E-state index is 13.0. The number of nitrogens with zero attached hydrogens (tertiary/aromatic N) is 1. The number of halogens is 2. The lowest BCUT2D eigenvalue weighted by atomic mass is 10.1. The van der Waals surface area contributed by atoms with Crippen LogP contribution in [0.4, 0.5) is 0 Å². The smallest absolute Gasteiger partial charge is 0.258 e. The lowest BCUT2D eigenvalue weighted by molar-refractivity contribution is 0.0597. The minimum absolute atomic E-state index is 0.00471. The van der Waals surface area contributed by atoms with Crippen molar-refractivity contribution in [3.05, 3.63) is 62.1 Å². The fourth-order valence-corrected chi connectivity index (χ4v) is 3.83. The first-order valence-electron chi connectivity index (χ1n) is 9.04. The van der Waals surface area contributed by atoms with Crippen LogP contribution in [0.3, 0.4) is 0 Å². The van der Waals surface area contributed by atoms with Gasteiger partial charge in [0.25, 0.3) is 11.5 Å². The molecule has 3 aromatic rings.